The number of rotatable bonds is 18. The first-order chi connectivity index (χ1) is 17.9. The molecule has 14 heteroatoms. The van der Waals surface area contributed by atoms with Gasteiger partial charge in [0.05, 0.1) is 6.04 Å². The molecule has 4 unspecified atom stereocenters. The Kier molecular flexibility index (Phi) is 14.5. The van der Waals surface area contributed by atoms with Gasteiger partial charge in [0.15, 0.2) is 0 Å². The molecule has 13 nitrogen and oxygen atoms in total. The number of hydrogen-bond acceptors (Lipinski definition) is 8. The van der Waals surface area contributed by atoms with E-state index in [4.69, 9.17) is 16.6 Å². The van der Waals surface area contributed by atoms with Crippen molar-refractivity contribution >= 4 is 47.3 Å². The molecule has 0 saturated carbocycles. The zero-order valence-electron chi connectivity index (χ0n) is 21.1. The molecule has 4 atom stereocenters. The number of carbonyl (C=O) groups is 6. The van der Waals surface area contributed by atoms with Gasteiger partial charge in [0.25, 0.3) is 0 Å². The molecule has 0 spiro atoms. The van der Waals surface area contributed by atoms with Gasteiger partial charge in [0.2, 0.25) is 23.6 Å². The maximum Gasteiger partial charge on any atom is 0.326 e. The Balaban J connectivity index is 3.08. The van der Waals surface area contributed by atoms with Crippen molar-refractivity contribution in [2.75, 3.05) is 12.0 Å². The first-order valence-corrected chi connectivity index (χ1v) is 13.3. The fraction of sp³-hybridized carbons (Fsp3) is 0.500. The second-order valence-corrected chi connectivity index (χ2v) is 9.52. The van der Waals surface area contributed by atoms with E-state index in [1.54, 1.807) is 30.3 Å². The van der Waals surface area contributed by atoms with Crippen LogP contribution in [0.1, 0.15) is 37.7 Å². The minimum Gasteiger partial charge on any atom is -0.481 e. The smallest absolute Gasteiger partial charge is 0.326 e. The molecule has 0 fully saturated rings. The normalized spacial score (nSPS) is 13.8. The molecule has 0 saturated heterocycles. The number of nitrogens with one attached hydrogen (secondary N) is 3. The highest BCUT2D eigenvalue weighted by Crippen LogP contribution is 2.08. The van der Waals surface area contributed by atoms with E-state index in [1.165, 1.54) is 11.8 Å². The van der Waals surface area contributed by atoms with Gasteiger partial charge in [-0.2, -0.15) is 11.8 Å². The average molecular weight is 554 g/mol. The van der Waals surface area contributed by atoms with Crippen molar-refractivity contribution in [2.24, 2.45) is 11.5 Å². The van der Waals surface area contributed by atoms with Crippen LogP contribution >= 0.6 is 11.8 Å². The second-order valence-electron chi connectivity index (χ2n) is 8.54. The number of carbonyl (C=O) groups excluding carboxylic acids is 4. The molecule has 0 radical (unpaired) electrons. The predicted molar refractivity (Wildman–Crippen MR) is 140 cm³/mol. The van der Waals surface area contributed by atoms with E-state index in [9.17, 15) is 33.9 Å². The molecule has 4 amide bonds. The zero-order valence-corrected chi connectivity index (χ0v) is 21.9. The summed E-state index contributed by atoms with van der Waals surface area (Å²) in [6.45, 7) is 0. The summed E-state index contributed by atoms with van der Waals surface area (Å²) in [5.41, 5.74) is 11.6. The summed E-state index contributed by atoms with van der Waals surface area (Å²) in [5.74, 6) is -4.96. The SMILES string of the molecule is CSCCC(NC(=O)C(N)CCC(N)=O)C(=O)NC(Cc1ccccc1)C(=O)NC(CCC(=O)O)C(=O)O. The van der Waals surface area contributed by atoms with Crippen molar-refractivity contribution in [1.82, 2.24) is 16.0 Å². The van der Waals surface area contributed by atoms with Crippen molar-refractivity contribution < 1.29 is 39.0 Å². The number of primary amides is 1. The maximum atomic E-state index is 13.2. The van der Waals surface area contributed by atoms with E-state index in [1.807, 2.05) is 6.26 Å². The molecule has 38 heavy (non-hydrogen) atoms. The standard InChI is InChI=1S/C24H35N5O8S/c1-38-12-11-16(27-21(33)15(25)7-9-19(26)30)22(34)29-18(13-14-5-3-2-4-6-14)23(35)28-17(24(36)37)8-10-20(31)32/h2-6,15-18H,7-13,25H2,1H3,(H2,26,30)(H,27,33)(H,28,35)(H,29,34)(H,31,32)(H,36,37). The van der Waals surface area contributed by atoms with Gasteiger partial charge in [-0.15, -0.1) is 0 Å². The van der Waals surface area contributed by atoms with Crippen LogP contribution in [0.3, 0.4) is 0 Å². The molecule has 0 aromatic heterocycles. The third-order valence-electron chi connectivity index (χ3n) is 5.46. The van der Waals surface area contributed by atoms with Crippen LogP contribution in [-0.4, -0.2) is 82.0 Å². The van der Waals surface area contributed by atoms with Crippen molar-refractivity contribution in [1.29, 1.82) is 0 Å². The first kappa shape index (κ1) is 32.4. The Labute approximate surface area is 224 Å². The number of aliphatic carboxylic acids is 2. The molecule has 1 aromatic carbocycles. The van der Waals surface area contributed by atoms with Gasteiger partial charge in [0.1, 0.15) is 18.1 Å². The van der Waals surface area contributed by atoms with Crippen LogP contribution in [-0.2, 0) is 35.2 Å². The molecule has 0 heterocycles. The number of carboxylic acid groups (broad SMARTS) is 2. The van der Waals surface area contributed by atoms with E-state index in [0.29, 0.717) is 11.3 Å². The Bertz CT molecular complexity index is 978. The monoisotopic (exact) mass is 553 g/mol. The average Bonchev–Trinajstić information content (AvgIpc) is 2.86. The van der Waals surface area contributed by atoms with Gasteiger partial charge in [-0.25, -0.2) is 4.79 Å². The minimum absolute atomic E-state index is 0.00496. The van der Waals surface area contributed by atoms with Gasteiger partial charge in [0, 0.05) is 19.3 Å². The Morgan fingerprint density at radius 3 is 1.95 bits per heavy atom. The lowest BCUT2D eigenvalue weighted by molar-refractivity contribution is -0.143. The van der Waals surface area contributed by atoms with Crippen LogP contribution in [0.4, 0.5) is 0 Å². The predicted octanol–water partition coefficient (Wildman–Crippen LogP) is -1.02. The summed E-state index contributed by atoms with van der Waals surface area (Å²) in [4.78, 5) is 72.2. The summed E-state index contributed by atoms with van der Waals surface area (Å²) in [6, 6.07) is 3.80. The summed E-state index contributed by atoms with van der Waals surface area (Å²) >= 11 is 1.43. The van der Waals surface area contributed by atoms with Gasteiger partial charge < -0.3 is 37.6 Å². The molecular weight excluding hydrogens is 518 g/mol. The highest BCUT2D eigenvalue weighted by atomic mass is 32.2. The number of hydrogen-bond donors (Lipinski definition) is 7. The molecule has 0 aliphatic carbocycles. The number of amides is 4. The van der Waals surface area contributed by atoms with Crippen molar-refractivity contribution in [3.05, 3.63) is 35.9 Å². The topological polar surface area (TPSA) is 231 Å². The van der Waals surface area contributed by atoms with E-state index >= 15 is 0 Å². The number of thioether (sulfide) groups is 1. The number of nitrogens with two attached hydrogens (primary N) is 2. The summed E-state index contributed by atoms with van der Waals surface area (Å²) < 4.78 is 0. The van der Waals surface area contributed by atoms with Gasteiger partial charge in [-0.3, -0.25) is 24.0 Å². The fourth-order valence-electron chi connectivity index (χ4n) is 3.34. The van der Waals surface area contributed by atoms with E-state index < -0.39 is 66.2 Å². The quantitative estimate of drug-likeness (QED) is 0.117. The van der Waals surface area contributed by atoms with E-state index in [0.717, 1.165) is 0 Å². The summed E-state index contributed by atoms with van der Waals surface area (Å²) in [7, 11) is 0. The van der Waals surface area contributed by atoms with Crippen molar-refractivity contribution in [3.8, 4) is 0 Å². The molecule has 1 rings (SSSR count). The third kappa shape index (κ3) is 12.5. The van der Waals surface area contributed by atoms with Crippen LogP contribution in [0.2, 0.25) is 0 Å². The molecule has 210 valence electrons. The van der Waals surface area contributed by atoms with Gasteiger partial charge in [-0.1, -0.05) is 30.3 Å². The summed E-state index contributed by atoms with van der Waals surface area (Å²) in [6.07, 6.45) is 1.07. The van der Waals surface area contributed by atoms with Crippen LogP contribution in [0.5, 0.6) is 0 Å². The van der Waals surface area contributed by atoms with E-state index in [-0.39, 0.29) is 32.1 Å². The van der Waals surface area contributed by atoms with Gasteiger partial charge >= 0.3 is 11.9 Å². The Morgan fingerprint density at radius 2 is 1.39 bits per heavy atom. The number of carboxylic acids is 2. The van der Waals surface area contributed by atoms with Crippen LogP contribution in [0.25, 0.3) is 0 Å². The first-order valence-electron chi connectivity index (χ1n) is 11.9. The molecule has 1 aromatic rings. The molecule has 9 N–H and O–H groups in total. The maximum absolute atomic E-state index is 13.2. The molecule has 0 bridgehead atoms. The van der Waals surface area contributed by atoms with Gasteiger partial charge in [-0.05, 0) is 36.8 Å². The number of benzene rings is 1. The highest BCUT2D eigenvalue weighted by molar-refractivity contribution is 7.98. The van der Waals surface area contributed by atoms with Crippen molar-refractivity contribution in [3.63, 3.8) is 0 Å². The molecule has 0 aliphatic rings. The summed E-state index contributed by atoms with van der Waals surface area (Å²) in [5, 5.41) is 25.7. The highest BCUT2D eigenvalue weighted by Gasteiger charge is 2.30. The van der Waals surface area contributed by atoms with Crippen LogP contribution in [0, 0.1) is 0 Å². The second kappa shape index (κ2) is 17.0. The van der Waals surface area contributed by atoms with Crippen LogP contribution < -0.4 is 27.4 Å². The minimum atomic E-state index is -1.48. The largest absolute Gasteiger partial charge is 0.481 e. The fourth-order valence-corrected chi connectivity index (χ4v) is 3.81. The van der Waals surface area contributed by atoms with Crippen molar-refractivity contribution in [2.45, 2.75) is 62.7 Å². The Morgan fingerprint density at radius 1 is 0.816 bits per heavy atom. The zero-order chi connectivity index (χ0) is 28.7. The molecule has 0 aliphatic heterocycles. The lowest BCUT2D eigenvalue weighted by Crippen LogP contribution is -2.57. The van der Waals surface area contributed by atoms with Crippen LogP contribution in [0.15, 0.2) is 30.3 Å². The molecular formula is C24H35N5O8S. The third-order valence-corrected chi connectivity index (χ3v) is 6.10. The lowest BCUT2D eigenvalue weighted by Gasteiger charge is -2.25. The lowest BCUT2D eigenvalue weighted by atomic mass is 10.0. The Hall–Kier alpha value is -3.65. The van der Waals surface area contributed by atoms with E-state index in [2.05, 4.69) is 16.0 Å².